The molecule has 3 heterocycles. The fourth-order valence-electron chi connectivity index (χ4n) is 2.11. The van der Waals surface area contributed by atoms with Crippen molar-refractivity contribution in [3.63, 3.8) is 0 Å². The molecule has 0 bridgehead atoms. The highest BCUT2D eigenvalue weighted by Crippen LogP contribution is 2.15. The van der Waals surface area contributed by atoms with E-state index in [4.69, 9.17) is 4.74 Å². The molecule has 0 amide bonds. The van der Waals surface area contributed by atoms with Gasteiger partial charge in [0.2, 0.25) is 0 Å². The molecule has 3 rings (SSSR count). The number of hydrogen-bond donors (Lipinski definition) is 1. The fourth-order valence-corrected chi connectivity index (χ4v) is 2.11. The number of ether oxygens (including phenoxy) is 1. The zero-order valence-electron chi connectivity index (χ0n) is 9.67. The lowest BCUT2D eigenvalue weighted by atomic mass is 10.0. The smallest absolute Gasteiger partial charge is 0.157 e. The second kappa shape index (κ2) is 4.71. The third-order valence-electron chi connectivity index (χ3n) is 3.17. The van der Waals surface area contributed by atoms with Crippen LogP contribution in [0.15, 0.2) is 24.5 Å². The SMILES string of the molecule is c1cc2nc(NCC3CCOCC3)ccn2n1. The van der Waals surface area contributed by atoms with Crippen molar-refractivity contribution in [1.29, 1.82) is 0 Å². The van der Waals surface area contributed by atoms with Gasteiger partial charge in [0.25, 0.3) is 0 Å². The Bertz CT molecular complexity index is 490. The van der Waals surface area contributed by atoms with Gasteiger partial charge in [-0.2, -0.15) is 5.10 Å². The molecule has 17 heavy (non-hydrogen) atoms. The number of hydrogen-bond acceptors (Lipinski definition) is 4. The number of fused-ring (bicyclic) bond motifs is 1. The fraction of sp³-hybridized carbons (Fsp3) is 0.500. The zero-order chi connectivity index (χ0) is 11.5. The summed E-state index contributed by atoms with van der Waals surface area (Å²) in [6, 6.07) is 3.86. The Kier molecular flexibility index (Phi) is 2.92. The molecule has 0 radical (unpaired) electrons. The van der Waals surface area contributed by atoms with E-state index in [1.54, 1.807) is 10.7 Å². The van der Waals surface area contributed by atoms with Crippen LogP contribution < -0.4 is 5.32 Å². The lowest BCUT2D eigenvalue weighted by Crippen LogP contribution is -2.22. The third kappa shape index (κ3) is 2.39. The van der Waals surface area contributed by atoms with Crippen molar-refractivity contribution in [2.75, 3.05) is 25.1 Å². The Balaban J connectivity index is 1.63. The van der Waals surface area contributed by atoms with Crippen LogP contribution in [0.4, 0.5) is 5.82 Å². The molecule has 0 aromatic carbocycles. The van der Waals surface area contributed by atoms with Crippen molar-refractivity contribution in [2.24, 2.45) is 5.92 Å². The lowest BCUT2D eigenvalue weighted by molar-refractivity contribution is 0.0699. The van der Waals surface area contributed by atoms with E-state index in [1.807, 2.05) is 18.3 Å². The summed E-state index contributed by atoms with van der Waals surface area (Å²) in [4.78, 5) is 4.48. The van der Waals surface area contributed by atoms with Crippen molar-refractivity contribution in [3.05, 3.63) is 24.5 Å². The van der Waals surface area contributed by atoms with Crippen molar-refractivity contribution in [2.45, 2.75) is 12.8 Å². The molecule has 2 aromatic rings. The maximum absolute atomic E-state index is 5.34. The average molecular weight is 232 g/mol. The Morgan fingerprint density at radius 1 is 1.35 bits per heavy atom. The number of rotatable bonds is 3. The predicted octanol–water partition coefficient (Wildman–Crippen LogP) is 1.57. The standard InChI is InChI=1S/C12H16N4O/c1-5-14-16-6-2-11(15-12(1)16)13-9-10-3-7-17-8-4-10/h1-2,5-6,10H,3-4,7-9H2,(H,13,15). The third-order valence-corrected chi connectivity index (χ3v) is 3.17. The highest BCUT2D eigenvalue weighted by Gasteiger charge is 2.13. The average Bonchev–Trinajstić information content (AvgIpc) is 2.85. The quantitative estimate of drug-likeness (QED) is 0.872. The molecule has 0 aliphatic carbocycles. The molecule has 0 unspecified atom stereocenters. The van der Waals surface area contributed by atoms with Crippen LogP contribution in [0.1, 0.15) is 12.8 Å². The number of nitrogens with zero attached hydrogens (tertiary/aromatic N) is 3. The van der Waals surface area contributed by atoms with Crippen LogP contribution in [-0.4, -0.2) is 34.4 Å². The van der Waals surface area contributed by atoms with Crippen molar-refractivity contribution in [1.82, 2.24) is 14.6 Å². The monoisotopic (exact) mass is 232 g/mol. The van der Waals surface area contributed by atoms with Gasteiger partial charge in [0.1, 0.15) is 5.82 Å². The van der Waals surface area contributed by atoms with Gasteiger partial charge in [-0.05, 0) is 24.8 Å². The summed E-state index contributed by atoms with van der Waals surface area (Å²) < 4.78 is 7.11. The molecule has 1 saturated heterocycles. The van der Waals surface area contributed by atoms with Crippen molar-refractivity contribution in [3.8, 4) is 0 Å². The van der Waals surface area contributed by atoms with E-state index in [1.165, 1.54) is 0 Å². The van der Waals surface area contributed by atoms with Crippen molar-refractivity contribution >= 4 is 11.5 Å². The zero-order valence-corrected chi connectivity index (χ0v) is 9.67. The minimum atomic E-state index is 0.701. The van der Waals surface area contributed by atoms with Gasteiger partial charge in [-0.1, -0.05) is 0 Å². The van der Waals surface area contributed by atoms with Crippen LogP contribution in [0.5, 0.6) is 0 Å². The molecule has 0 atom stereocenters. The van der Waals surface area contributed by atoms with E-state index in [0.717, 1.165) is 44.1 Å². The van der Waals surface area contributed by atoms with Gasteiger partial charge in [-0.15, -0.1) is 0 Å². The second-order valence-electron chi connectivity index (χ2n) is 4.38. The molecule has 0 spiro atoms. The van der Waals surface area contributed by atoms with E-state index in [2.05, 4.69) is 15.4 Å². The molecule has 1 fully saturated rings. The molecule has 0 saturated carbocycles. The van der Waals surface area contributed by atoms with Gasteiger partial charge < -0.3 is 10.1 Å². The van der Waals surface area contributed by atoms with E-state index in [9.17, 15) is 0 Å². The molecule has 1 aliphatic heterocycles. The normalized spacial score (nSPS) is 17.4. The van der Waals surface area contributed by atoms with E-state index in [0.29, 0.717) is 5.92 Å². The second-order valence-corrected chi connectivity index (χ2v) is 4.38. The summed E-state index contributed by atoms with van der Waals surface area (Å²) in [7, 11) is 0. The number of nitrogens with one attached hydrogen (secondary N) is 1. The highest BCUT2D eigenvalue weighted by atomic mass is 16.5. The summed E-state index contributed by atoms with van der Waals surface area (Å²) >= 11 is 0. The van der Waals surface area contributed by atoms with Crippen LogP contribution in [0, 0.1) is 5.92 Å². The van der Waals surface area contributed by atoms with Gasteiger partial charge in [0, 0.05) is 32.0 Å². The first-order chi connectivity index (χ1) is 8.42. The van der Waals surface area contributed by atoms with E-state index < -0.39 is 0 Å². The van der Waals surface area contributed by atoms with Crippen molar-refractivity contribution < 1.29 is 4.74 Å². The highest BCUT2D eigenvalue weighted by molar-refractivity contribution is 5.45. The van der Waals surface area contributed by atoms with Crippen LogP contribution in [0.25, 0.3) is 5.65 Å². The largest absolute Gasteiger partial charge is 0.381 e. The molecule has 1 N–H and O–H groups in total. The van der Waals surface area contributed by atoms with Crippen LogP contribution in [0.3, 0.4) is 0 Å². The van der Waals surface area contributed by atoms with E-state index in [-0.39, 0.29) is 0 Å². The van der Waals surface area contributed by atoms with E-state index >= 15 is 0 Å². The Labute approximate surface area is 99.8 Å². The summed E-state index contributed by atoms with van der Waals surface area (Å²) in [6.07, 6.45) is 5.96. The first-order valence-corrected chi connectivity index (χ1v) is 6.04. The lowest BCUT2D eigenvalue weighted by Gasteiger charge is -2.22. The van der Waals surface area contributed by atoms with Gasteiger partial charge in [-0.3, -0.25) is 0 Å². The van der Waals surface area contributed by atoms with Gasteiger partial charge in [-0.25, -0.2) is 9.50 Å². The first kappa shape index (κ1) is 10.5. The Morgan fingerprint density at radius 2 is 2.24 bits per heavy atom. The molecule has 1 aliphatic rings. The predicted molar refractivity (Wildman–Crippen MR) is 65.0 cm³/mol. The molecule has 5 heteroatoms. The van der Waals surface area contributed by atoms with Crippen LogP contribution in [0.2, 0.25) is 0 Å². The number of anilines is 1. The first-order valence-electron chi connectivity index (χ1n) is 6.04. The Hall–Kier alpha value is -1.62. The minimum Gasteiger partial charge on any atom is -0.381 e. The summed E-state index contributed by atoms with van der Waals surface area (Å²) in [5, 5.41) is 7.51. The number of aromatic nitrogens is 3. The molecule has 90 valence electrons. The molecular weight excluding hydrogens is 216 g/mol. The van der Waals surface area contributed by atoms with Crippen LogP contribution in [-0.2, 0) is 4.74 Å². The minimum absolute atomic E-state index is 0.701. The maximum Gasteiger partial charge on any atom is 0.157 e. The van der Waals surface area contributed by atoms with Crippen LogP contribution >= 0.6 is 0 Å². The van der Waals surface area contributed by atoms with Gasteiger partial charge >= 0.3 is 0 Å². The summed E-state index contributed by atoms with van der Waals surface area (Å²) in [6.45, 7) is 2.75. The van der Waals surface area contributed by atoms with Gasteiger partial charge in [0.05, 0.1) is 6.20 Å². The molecular formula is C12H16N4O. The van der Waals surface area contributed by atoms with Gasteiger partial charge in [0.15, 0.2) is 5.65 Å². The topological polar surface area (TPSA) is 51.5 Å². The maximum atomic E-state index is 5.34. The Morgan fingerprint density at radius 3 is 3.12 bits per heavy atom. The molecule has 5 nitrogen and oxygen atoms in total. The molecule has 2 aromatic heterocycles. The summed E-state index contributed by atoms with van der Waals surface area (Å²) in [5.74, 6) is 1.62. The summed E-state index contributed by atoms with van der Waals surface area (Å²) in [5.41, 5.74) is 0.877.